The van der Waals surface area contributed by atoms with E-state index in [9.17, 15) is 24.3 Å². The fourth-order valence-corrected chi connectivity index (χ4v) is 6.29. The lowest BCUT2D eigenvalue weighted by molar-refractivity contribution is -0.146. The molecule has 0 aliphatic carbocycles. The molecule has 1 fully saturated rings. The number of rotatable bonds is 10. The van der Waals surface area contributed by atoms with Gasteiger partial charge in [0.05, 0.1) is 11.9 Å². The van der Waals surface area contributed by atoms with E-state index in [-0.39, 0.29) is 29.5 Å². The summed E-state index contributed by atoms with van der Waals surface area (Å²) in [6, 6.07) is 18.2. The second kappa shape index (κ2) is 14.3. The van der Waals surface area contributed by atoms with Gasteiger partial charge in [-0.15, -0.1) is 11.8 Å². The Labute approximate surface area is 256 Å². The lowest BCUT2D eigenvalue weighted by atomic mass is 9.98. The van der Waals surface area contributed by atoms with Gasteiger partial charge in [-0.2, -0.15) is 0 Å². The van der Waals surface area contributed by atoms with Crippen LogP contribution < -0.4 is 15.4 Å². The number of nitrogens with zero attached hydrogens (tertiary/aromatic N) is 1. The van der Waals surface area contributed by atoms with Crippen molar-refractivity contribution in [3.63, 3.8) is 0 Å². The molecule has 10 heteroatoms. The number of aliphatic hydroxyl groups is 1. The van der Waals surface area contributed by atoms with Crippen molar-refractivity contribution in [2.24, 2.45) is 0 Å². The SMILES string of the molecule is CC(=O)Oc1cccc(C(=O)N[C@@H](Cc2ccccc2)[C@H](O)C(=O)N2CSC[C@H]2C(=O)NCc2c(C)cccc2C)c1C. The molecule has 0 unspecified atom stereocenters. The average Bonchev–Trinajstić information content (AvgIpc) is 3.47. The van der Waals surface area contributed by atoms with Gasteiger partial charge in [-0.25, -0.2) is 0 Å². The van der Waals surface area contributed by atoms with Crippen LogP contribution in [0, 0.1) is 20.8 Å². The number of hydrogen-bond donors (Lipinski definition) is 3. The van der Waals surface area contributed by atoms with Crippen LogP contribution in [0.25, 0.3) is 0 Å². The molecule has 0 saturated carbocycles. The van der Waals surface area contributed by atoms with Gasteiger partial charge in [0, 0.05) is 30.3 Å². The molecule has 1 aliphatic heterocycles. The average molecular weight is 604 g/mol. The first kappa shape index (κ1) is 31.8. The predicted molar refractivity (Wildman–Crippen MR) is 166 cm³/mol. The van der Waals surface area contributed by atoms with E-state index in [0.717, 1.165) is 22.3 Å². The molecular formula is C33H37N3O6S. The summed E-state index contributed by atoms with van der Waals surface area (Å²) >= 11 is 1.43. The minimum Gasteiger partial charge on any atom is -0.426 e. The number of hydrogen-bond acceptors (Lipinski definition) is 7. The Balaban J connectivity index is 1.52. The van der Waals surface area contributed by atoms with E-state index < -0.39 is 36.0 Å². The summed E-state index contributed by atoms with van der Waals surface area (Å²) in [5.74, 6) is -1.08. The highest BCUT2D eigenvalue weighted by molar-refractivity contribution is 7.99. The van der Waals surface area contributed by atoms with Gasteiger partial charge in [-0.3, -0.25) is 19.2 Å². The van der Waals surface area contributed by atoms with E-state index in [2.05, 4.69) is 10.6 Å². The van der Waals surface area contributed by atoms with E-state index in [4.69, 9.17) is 4.74 Å². The zero-order valence-corrected chi connectivity index (χ0v) is 25.6. The van der Waals surface area contributed by atoms with E-state index in [0.29, 0.717) is 17.9 Å². The molecule has 3 aromatic carbocycles. The number of aliphatic hydroxyl groups excluding tert-OH is 1. The van der Waals surface area contributed by atoms with Gasteiger partial charge >= 0.3 is 5.97 Å². The third-order valence-corrected chi connectivity index (χ3v) is 8.60. The highest BCUT2D eigenvalue weighted by atomic mass is 32.2. The van der Waals surface area contributed by atoms with Crippen molar-refractivity contribution in [3.8, 4) is 5.75 Å². The molecule has 226 valence electrons. The number of aryl methyl sites for hydroxylation is 2. The smallest absolute Gasteiger partial charge is 0.308 e. The van der Waals surface area contributed by atoms with Crippen molar-refractivity contribution in [2.45, 2.75) is 58.8 Å². The largest absolute Gasteiger partial charge is 0.426 e. The molecule has 3 amide bonds. The van der Waals surface area contributed by atoms with Gasteiger partial charge < -0.3 is 25.4 Å². The molecule has 1 heterocycles. The summed E-state index contributed by atoms with van der Waals surface area (Å²) in [4.78, 5) is 53.3. The quantitative estimate of drug-likeness (QED) is 0.240. The zero-order valence-electron chi connectivity index (χ0n) is 24.8. The van der Waals surface area contributed by atoms with Crippen LogP contribution >= 0.6 is 11.8 Å². The van der Waals surface area contributed by atoms with E-state index in [1.54, 1.807) is 25.1 Å². The highest BCUT2D eigenvalue weighted by Crippen LogP contribution is 2.25. The van der Waals surface area contributed by atoms with Crippen molar-refractivity contribution in [1.82, 2.24) is 15.5 Å². The van der Waals surface area contributed by atoms with Gasteiger partial charge in [-0.1, -0.05) is 54.6 Å². The summed E-state index contributed by atoms with van der Waals surface area (Å²) in [5, 5.41) is 17.2. The minimum atomic E-state index is -1.62. The van der Waals surface area contributed by atoms with Crippen LogP contribution in [0.4, 0.5) is 0 Å². The lowest BCUT2D eigenvalue weighted by Gasteiger charge is -2.30. The van der Waals surface area contributed by atoms with Crippen LogP contribution in [0.2, 0.25) is 0 Å². The summed E-state index contributed by atoms with van der Waals surface area (Å²) in [7, 11) is 0. The number of esters is 1. The molecule has 0 radical (unpaired) electrons. The lowest BCUT2D eigenvalue weighted by Crippen LogP contribution is -2.56. The number of ether oxygens (including phenoxy) is 1. The van der Waals surface area contributed by atoms with E-state index >= 15 is 0 Å². The first-order valence-electron chi connectivity index (χ1n) is 14.1. The van der Waals surface area contributed by atoms with Gasteiger partial charge in [0.1, 0.15) is 11.8 Å². The number of benzene rings is 3. The van der Waals surface area contributed by atoms with Crippen LogP contribution in [-0.2, 0) is 27.3 Å². The fourth-order valence-electron chi connectivity index (χ4n) is 5.12. The third kappa shape index (κ3) is 7.82. The summed E-state index contributed by atoms with van der Waals surface area (Å²) < 4.78 is 5.22. The maximum absolute atomic E-state index is 13.7. The Bertz CT molecular complexity index is 1470. The minimum absolute atomic E-state index is 0.173. The number of nitrogens with one attached hydrogen (secondary N) is 2. The number of carbonyl (C=O) groups excluding carboxylic acids is 4. The van der Waals surface area contributed by atoms with Gasteiger partial charge in [0.15, 0.2) is 6.10 Å². The molecule has 43 heavy (non-hydrogen) atoms. The molecule has 1 saturated heterocycles. The first-order chi connectivity index (χ1) is 20.6. The van der Waals surface area contributed by atoms with E-state index in [1.807, 2.05) is 62.4 Å². The molecule has 0 aromatic heterocycles. The topological polar surface area (TPSA) is 125 Å². The van der Waals surface area contributed by atoms with Crippen LogP contribution in [-0.4, -0.2) is 63.5 Å². The van der Waals surface area contributed by atoms with Crippen molar-refractivity contribution in [1.29, 1.82) is 0 Å². The second-order valence-electron chi connectivity index (χ2n) is 10.6. The molecule has 3 aromatic rings. The van der Waals surface area contributed by atoms with Crippen LogP contribution in [0.1, 0.15) is 45.1 Å². The fraction of sp³-hybridized carbons (Fsp3) is 0.333. The molecule has 3 atom stereocenters. The van der Waals surface area contributed by atoms with Crippen molar-refractivity contribution in [3.05, 3.63) is 100 Å². The number of thioether (sulfide) groups is 1. The monoisotopic (exact) mass is 603 g/mol. The number of amides is 3. The van der Waals surface area contributed by atoms with Crippen LogP contribution in [0.15, 0.2) is 66.7 Å². The highest BCUT2D eigenvalue weighted by Gasteiger charge is 2.40. The predicted octanol–water partition coefficient (Wildman–Crippen LogP) is 3.46. The second-order valence-corrected chi connectivity index (χ2v) is 11.6. The normalized spacial score (nSPS) is 15.8. The maximum Gasteiger partial charge on any atom is 0.308 e. The Morgan fingerprint density at radius 1 is 0.977 bits per heavy atom. The zero-order chi connectivity index (χ0) is 31.1. The van der Waals surface area contributed by atoms with Gasteiger partial charge in [0.2, 0.25) is 5.91 Å². The Kier molecular flexibility index (Phi) is 10.6. The molecule has 9 nitrogen and oxygen atoms in total. The summed E-state index contributed by atoms with van der Waals surface area (Å²) in [5.41, 5.74) is 4.67. The van der Waals surface area contributed by atoms with Crippen LogP contribution in [0.3, 0.4) is 0 Å². The maximum atomic E-state index is 13.7. The standard InChI is InChI=1S/C33H37N3O6S/c1-20-10-8-11-21(2)26(20)17-34-32(40)28-18-43-19-36(28)33(41)30(38)27(16-24-12-6-5-7-13-24)35-31(39)25-14-9-15-29(22(25)3)42-23(4)37/h5-15,27-28,30,38H,16-19H2,1-4H3,(H,34,40)(H,35,39)/t27-,28-,30-/m0/s1. The summed E-state index contributed by atoms with van der Waals surface area (Å²) in [6.07, 6.45) is -1.44. The molecule has 4 rings (SSSR count). The molecule has 3 N–H and O–H groups in total. The van der Waals surface area contributed by atoms with Crippen molar-refractivity contribution in [2.75, 3.05) is 11.6 Å². The Hall–Kier alpha value is -4.15. The van der Waals surface area contributed by atoms with Crippen LogP contribution in [0.5, 0.6) is 5.75 Å². The Morgan fingerprint density at radius 3 is 2.33 bits per heavy atom. The Morgan fingerprint density at radius 2 is 1.65 bits per heavy atom. The van der Waals surface area contributed by atoms with Crippen molar-refractivity contribution < 1.29 is 29.0 Å². The van der Waals surface area contributed by atoms with E-state index in [1.165, 1.54) is 23.6 Å². The molecular weight excluding hydrogens is 566 g/mol. The third-order valence-electron chi connectivity index (χ3n) is 7.58. The number of carbonyl (C=O) groups is 4. The summed E-state index contributed by atoms with van der Waals surface area (Å²) in [6.45, 7) is 7.24. The molecule has 0 bridgehead atoms. The van der Waals surface area contributed by atoms with Gasteiger partial charge in [-0.05, 0) is 61.6 Å². The molecule has 0 spiro atoms. The van der Waals surface area contributed by atoms with Crippen molar-refractivity contribution >= 4 is 35.5 Å². The first-order valence-corrected chi connectivity index (χ1v) is 15.2. The molecule has 1 aliphatic rings. The van der Waals surface area contributed by atoms with Gasteiger partial charge in [0.25, 0.3) is 11.8 Å².